The maximum Gasteiger partial charge on any atom is 0.407 e. The largest absolute Gasteiger partial charge is 0.488 e. The van der Waals surface area contributed by atoms with Crippen LogP contribution in [0, 0.1) is 11.8 Å². The number of aromatic nitrogens is 4. The Hall–Kier alpha value is -6.44. The molecule has 5 heterocycles. The van der Waals surface area contributed by atoms with Gasteiger partial charge in [-0.15, -0.1) is 0 Å². The second-order valence-corrected chi connectivity index (χ2v) is 17.7. The van der Waals surface area contributed by atoms with Crippen molar-refractivity contribution < 1.29 is 28.7 Å². The maximum absolute atomic E-state index is 14.3. The number of hydrogen-bond acceptors (Lipinski definition) is 8. The van der Waals surface area contributed by atoms with Gasteiger partial charge in [0.15, 0.2) is 0 Å². The predicted octanol–water partition coefficient (Wildman–Crippen LogP) is 7.10. The Morgan fingerprint density at radius 1 is 0.806 bits per heavy atom. The van der Waals surface area contributed by atoms with E-state index in [1.54, 1.807) is 0 Å². The first-order chi connectivity index (χ1) is 30.1. The van der Waals surface area contributed by atoms with Gasteiger partial charge in [-0.25, -0.2) is 14.8 Å². The number of amides is 4. The molecule has 3 aromatic carbocycles. The summed E-state index contributed by atoms with van der Waals surface area (Å²) in [5.41, 5.74) is 10.1. The highest BCUT2D eigenvalue weighted by Gasteiger charge is 2.41. The zero-order valence-corrected chi connectivity index (χ0v) is 35.3. The molecule has 4 N–H and O–H groups in total. The number of benzene rings is 3. The summed E-state index contributed by atoms with van der Waals surface area (Å²) in [7, 11) is 1.30. The van der Waals surface area contributed by atoms with Gasteiger partial charge in [0.1, 0.15) is 36.1 Å². The summed E-state index contributed by atoms with van der Waals surface area (Å²) in [6, 6.07) is 18.5. The first-order valence-electron chi connectivity index (χ1n) is 22.0. The molecule has 0 spiro atoms. The number of alkyl carbamates (subject to hydrolysis) is 1. The van der Waals surface area contributed by atoms with Crippen LogP contribution in [0.1, 0.15) is 105 Å². The number of nitrogens with zero attached hydrogens (tertiary/aromatic N) is 4. The standard InChI is InChI=1S/C48H52N8O6/c1-26(2)40(54-48(60)61-3)46(58)55-19-7-11-37(55)43-49-24-36(51-43)30-15-17-32-31(21-30)25-62-39-23-33-29(22-34(32)39)16-18-35-42(33)52-44(50-35)38-12-8-20-56(38)47(59)41(27-9-5-4-6-10-27)53-45(57)28-13-14-28/h4-6,9-10,15,17,21-24,26,28,37-38,40-41H,7-8,11-14,16,18-20,25H2,1-3H3,(H,49,51)(H,50,52)(H,53,57)(H,54,60)/t37-,38-,40-,41+/m0/s1. The number of H-pyrrole nitrogens is 2. The number of fused-ring (bicyclic) bond motifs is 6. The van der Waals surface area contributed by atoms with Crippen LogP contribution in [0.5, 0.6) is 5.75 Å². The van der Waals surface area contributed by atoms with E-state index < -0.39 is 18.2 Å². The van der Waals surface area contributed by atoms with E-state index in [9.17, 15) is 19.2 Å². The monoisotopic (exact) mass is 836 g/mol. The van der Waals surface area contributed by atoms with E-state index >= 15 is 0 Å². The van der Waals surface area contributed by atoms with Crippen molar-refractivity contribution >= 4 is 23.8 Å². The lowest BCUT2D eigenvalue weighted by Crippen LogP contribution is -2.51. The lowest BCUT2D eigenvalue weighted by molar-refractivity contribution is -0.138. The highest BCUT2D eigenvalue weighted by atomic mass is 16.5. The molecule has 0 radical (unpaired) electrons. The molecule has 0 bridgehead atoms. The smallest absolute Gasteiger partial charge is 0.407 e. The Labute approximate surface area is 360 Å². The third-order valence-corrected chi connectivity index (χ3v) is 13.3. The fraction of sp³-hybridized carbons (Fsp3) is 0.417. The predicted molar refractivity (Wildman–Crippen MR) is 230 cm³/mol. The van der Waals surface area contributed by atoms with Gasteiger partial charge < -0.3 is 39.9 Å². The minimum Gasteiger partial charge on any atom is -0.488 e. The molecule has 2 aliphatic carbocycles. The highest BCUT2D eigenvalue weighted by Crippen LogP contribution is 2.46. The van der Waals surface area contributed by atoms with Crippen LogP contribution in [0.25, 0.3) is 33.6 Å². The number of imidazole rings is 2. The van der Waals surface area contributed by atoms with Crippen molar-refractivity contribution in [1.82, 2.24) is 40.4 Å². The van der Waals surface area contributed by atoms with Gasteiger partial charge in [-0.3, -0.25) is 14.4 Å². The highest BCUT2D eigenvalue weighted by molar-refractivity contribution is 5.91. The fourth-order valence-corrected chi connectivity index (χ4v) is 9.80. The van der Waals surface area contributed by atoms with Crippen LogP contribution in [0.3, 0.4) is 0 Å². The Bertz CT molecular complexity index is 2560. The van der Waals surface area contributed by atoms with Gasteiger partial charge in [-0.1, -0.05) is 56.3 Å². The van der Waals surface area contributed by atoms with Crippen LogP contribution >= 0.6 is 0 Å². The first kappa shape index (κ1) is 39.7. The van der Waals surface area contributed by atoms with Crippen molar-refractivity contribution in [2.24, 2.45) is 11.8 Å². The minimum absolute atomic E-state index is 0.00463. The first-order valence-corrected chi connectivity index (χ1v) is 22.0. The van der Waals surface area contributed by atoms with E-state index in [1.807, 2.05) is 60.2 Å². The molecule has 2 aromatic heterocycles. The van der Waals surface area contributed by atoms with Crippen LogP contribution < -0.4 is 15.4 Å². The molecule has 0 unspecified atom stereocenters. The average Bonchev–Trinajstić information content (AvgIpc) is 3.70. The molecular weight excluding hydrogens is 785 g/mol. The van der Waals surface area contributed by atoms with Crippen molar-refractivity contribution in [2.45, 2.75) is 96.0 Å². The number of methoxy groups -OCH3 is 1. The lowest BCUT2D eigenvalue weighted by atomic mass is 9.86. The van der Waals surface area contributed by atoms with E-state index in [2.05, 4.69) is 50.9 Å². The zero-order valence-electron chi connectivity index (χ0n) is 35.3. The average molecular weight is 837 g/mol. The zero-order chi connectivity index (χ0) is 42.6. The molecule has 10 rings (SSSR count). The van der Waals surface area contributed by atoms with Gasteiger partial charge in [0, 0.05) is 30.1 Å². The number of carbonyl (C=O) groups excluding carboxylic acids is 4. The van der Waals surface area contributed by atoms with E-state index in [-0.39, 0.29) is 41.6 Å². The van der Waals surface area contributed by atoms with Gasteiger partial charge in [-0.05, 0) is 103 Å². The van der Waals surface area contributed by atoms with E-state index in [4.69, 9.17) is 19.4 Å². The lowest BCUT2D eigenvalue weighted by Gasteiger charge is -2.30. The van der Waals surface area contributed by atoms with Gasteiger partial charge in [0.2, 0.25) is 17.7 Å². The Balaban J connectivity index is 0.872. The second-order valence-electron chi connectivity index (χ2n) is 17.7. The molecular formula is C48H52N8O6. The number of aryl methyl sites for hydroxylation is 2. The molecule has 3 aliphatic heterocycles. The van der Waals surface area contributed by atoms with E-state index in [1.165, 1.54) is 12.7 Å². The third-order valence-electron chi connectivity index (χ3n) is 13.3. The van der Waals surface area contributed by atoms with Gasteiger partial charge in [0.25, 0.3) is 0 Å². The Morgan fingerprint density at radius 2 is 1.56 bits per heavy atom. The number of likely N-dealkylation sites (tertiary alicyclic amines) is 2. The van der Waals surface area contributed by atoms with Gasteiger partial charge >= 0.3 is 6.09 Å². The number of carbonyl (C=O) groups is 4. The topological polar surface area (TPSA) is 175 Å². The van der Waals surface area contributed by atoms with Gasteiger partial charge in [0.05, 0.1) is 42.5 Å². The molecule has 4 atom stereocenters. The van der Waals surface area contributed by atoms with Crippen molar-refractivity contribution in [2.75, 3.05) is 20.2 Å². The summed E-state index contributed by atoms with van der Waals surface area (Å²) in [6.07, 6.45) is 7.82. The SMILES string of the molecule is COC(=O)N[C@H](C(=O)N1CCC[C@H]1c1ncc(-c2ccc3c(c2)COc2cc4c(cc2-3)CCc2nc([C@@H]3CCCN3C(=O)[C@H](NC(=O)C3CC3)c3ccccc3)[nH]c2-4)[nH]1)C(C)C. The summed E-state index contributed by atoms with van der Waals surface area (Å²) >= 11 is 0. The van der Waals surface area contributed by atoms with Crippen molar-refractivity contribution in [3.63, 3.8) is 0 Å². The van der Waals surface area contributed by atoms with Crippen LogP contribution in [0.4, 0.5) is 4.79 Å². The van der Waals surface area contributed by atoms with Crippen LogP contribution in [0.2, 0.25) is 0 Å². The van der Waals surface area contributed by atoms with Crippen LogP contribution in [0.15, 0.2) is 66.9 Å². The number of nitrogens with one attached hydrogen (secondary N) is 4. The number of rotatable bonds is 10. The molecule has 320 valence electrons. The number of ether oxygens (including phenoxy) is 2. The maximum atomic E-state index is 14.3. The van der Waals surface area contributed by atoms with Crippen LogP contribution in [-0.2, 0) is 38.6 Å². The molecule has 4 amide bonds. The number of aromatic amines is 2. The molecule has 62 heavy (non-hydrogen) atoms. The van der Waals surface area contributed by atoms with E-state index in [0.29, 0.717) is 19.7 Å². The molecule has 5 aliphatic rings. The molecule has 3 fully saturated rings. The number of hydrogen-bond donors (Lipinski definition) is 4. The van der Waals surface area contributed by atoms with Crippen molar-refractivity contribution in [1.29, 1.82) is 0 Å². The second kappa shape index (κ2) is 16.1. The minimum atomic E-state index is -0.739. The summed E-state index contributed by atoms with van der Waals surface area (Å²) in [4.78, 5) is 73.7. The molecule has 2 saturated heterocycles. The molecule has 5 aromatic rings. The normalized spacial score (nSPS) is 19.7. The quantitative estimate of drug-likeness (QED) is 0.115. The third kappa shape index (κ3) is 7.28. The molecule has 14 nitrogen and oxygen atoms in total. The Morgan fingerprint density at radius 3 is 2.31 bits per heavy atom. The van der Waals surface area contributed by atoms with Crippen molar-refractivity contribution in [3.05, 3.63) is 101 Å². The molecule has 14 heteroatoms. The summed E-state index contributed by atoms with van der Waals surface area (Å²) < 4.78 is 11.3. The summed E-state index contributed by atoms with van der Waals surface area (Å²) in [5, 5.41) is 5.79. The fourth-order valence-electron chi connectivity index (χ4n) is 9.80. The van der Waals surface area contributed by atoms with Crippen molar-refractivity contribution in [3.8, 4) is 39.4 Å². The van der Waals surface area contributed by atoms with E-state index in [0.717, 1.165) is 119 Å². The Kier molecular flexibility index (Phi) is 10.3. The summed E-state index contributed by atoms with van der Waals surface area (Å²) in [5.74, 6) is 1.92. The van der Waals surface area contributed by atoms with Gasteiger partial charge in [-0.2, -0.15) is 0 Å². The molecule has 1 saturated carbocycles. The van der Waals surface area contributed by atoms with Crippen LogP contribution in [-0.4, -0.2) is 79.8 Å². The summed E-state index contributed by atoms with van der Waals surface area (Å²) in [6.45, 7) is 5.42.